The zero-order chi connectivity index (χ0) is 10.3. The van der Waals surface area contributed by atoms with Crippen molar-refractivity contribution in [3.63, 3.8) is 0 Å². The van der Waals surface area contributed by atoms with Crippen LogP contribution in [0.5, 0.6) is 0 Å². The first kappa shape index (κ1) is 13.0. The second-order valence-electron chi connectivity index (χ2n) is 5.01. The minimum atomic E-state index is 0.920. The molecule has 80 valence electrons. The summed E-state index contributed by atoms with van der Waals surface area (Å²) in [5.41, 5.74) is 0. The van der Waals surface area contributed by atoms with Gasteiger partial charge >= 0.3 is 0 Å². The third kappa shape index (κ3) is 7.06. The maximum Gasteiger partial charge on any atom is 0.0784 e. The molecule has 13 heavy (non-hydrogen) atoms. The summed E-state index contributed by atoms with van der Waals surface area (Å²) in [7, 11) is 4.65. The Morgan fingerprint density at radius 3 is 2.15 bits per heavy atom. The van der Waals surface area contributed by atoms with Crippen LogP contribution in [0.2, 0.25) is 0 Å². The molecular formula is C12H28N+. The van der Waals surface area contributed by atoms with Gasteiger partial charge in [-0.05, 0) is 19.3 Å². The first-order valence-corrected chi connectivity index (χ1v) is 5.83. The van der Waals surface area contributed by atoms with Crippen LogP contribution in [0.3, 0.4) is 0 Å². The van der Waals surface area contributed by atoms with Gasteiger partial charge in [-0.1, -0.05) is 33.1 Å². The summed E-state index contributed by atoms with van der Waals surface area (Å²) >= 11 is 0. The third-order valence-corrected chi connectivity index (χ3v) is 3.13. The minimum Gasteiger partial charge on any atom is -0.329 e. The molecule has 0 aromatic carbocycles. The predicted octanol–water partition coefficient (Wildman–Crippen LogP) is 3.30. The number of hydrogen-bond acceptors (Lipinski definition) is 0. The van der Waals surface area contributed by atoms with E-state index >= 15 is 0 Å². The Balaban J connectivity index is 3.51. The van der Waals surface area contributed by atoms with E-state index in [1.165, 1.54) is 43.3 Å². The molecule has 0 aromatic rings. The number of rotatable bonds is 7. The summed E-state index contributed by atoms with van der Waals surface area (Å²) in [4.78, 5) is 0. The average Bonchev–Trinajstić information content (AvgIpc) is 2.11. The first-order chi connectivity index (χ1) is 6.02. The maximum atomic E-state index is 2.39. The molecule has 0 saturated carbocycles. The van der Waals surface area contributed by atoms with Crippen molar-refractivity contribution in [2.24, 2.45) is 5.92 Å². The summed E-state index contributed by atoms with van der Waals surface area (Å²) < 4.78 is 1.18. The van der Waals surface area contributed by atoms with Crippen LogP contribution in [0.1, 0.15) is 46.5 Å². The van der Waals surface area contributed by atoms with Crippen molar-refractivity contribution < 1.29 is 4.48 Å². The fourth-order valence-corrected chi connectivity index (χ4v) is 1.42. The van der Waals surface area contributed by atoms with Gasteiger partial charge in [-0.15, -0.1) is 0 Å². The highest BCUT2D eigenvalue weighted by molar-refractivity contribution is 4.52. The quantitative estimate of drug-likeness (QED) is 0.535. The van der Waals surface area contributed by atoms with Crippen LogP contribution >= 0.6 is 0 Å². The zero-order valence-electron chi connectivity index (χ0n) is 10.3. The van der Waals surface area contributed by atoms with E-state index in [4.69, 9.17) is 0 Å². The molecular weight excluding hydrogens is 158 g/mol. The lowest BCUT2D eigenvalue weighted by Crippen LogP contribution is -2.40. The highest BCUT2D eigenvalue weighted by Gasteiger charge is 2.13. The van der Waals surface area contributed by atoms with Crippen LogP contribution in [-0.4, -0.2) is 31.7 Å². The molecule has 0 aromatic heterocycles. The van der Waals surface area contributed by atoms with Crippen LogP contribution in [0, 0.1) is 5.92 Å². The lowest BCUT2D eigenvalue weighted by molar-refractivity contribution is -0.889. The number of quaternary nitrogens is 1. The Morgan fingerprint density at radius 2 is 1.69 bits per heavy atom. The van der Waals surface area contributed by atoms with Crippen LogP contribution in [0.4, 0.5) is 0 Å². The molecule has 0 bridgehead atoms. The van der Waals surface area contributed by atoms with Gasteiger partial charge < -0.3 is 4.48 Å². The highest BCUT2D eigenvalue weighted by Crippen LogP contribution is 2.13. The van der Waals surface area contributed by atoms with Gasteiger partial charge in [-0.25, -0.2) is 0 Å². The van der Waals surface area contributed by atoms with E-state index in [9.17, 15) is 0 Å². The normalized spacial score (nSPS) is 14.5. The van der Waals surface area contributed by atoms with Crippen LogP contribution < -0.4 is 0 Å². The smallest absolute Gasteiger partial charge is 0.0784 e. The molecule has 0 aliphatic rings. The van der Waals surface area contributed by atoms with Crippen LogP contribution in [0.25, 0.3) is 0 Å². The molecule has 0 aliphatic heterocycles. The third-order valence-electron chi connectivity index (χ3n) is 3.13. The molecule has 0 radical (unpaired) electrons. The van der Waals surface area contributed by atoms with Crippen molar-refractivity contribution in [1.29, 1.82) is 0 Å². The molecule has 0 heterocycles. The van der Waals surface area contributed by atoms with Gasteiger partial charge in [0.25, 0.3) is 0 Å². The fraction of sp³-hybridized carbons (Fsp3) is 1.00. The van der Waals surface area contributed by atoms with Crippen molar-refractivity contribution in [2.45, 2.75) is 46.5 Å². The second-order valence-corrected chi connectivity index (χ2v) is 5.01. The van der Waals surface area contributed by atoms with Gasteiger partial charge in [0.2, 0.25) is 0 Å². The second kappa shape index (κ2) is 6.42. The Bertz CT molecular complexity index is 118. The standard InChI is InChI=1S/C12H28N/c1-6-8-9-12(3)10-11-13(4,5)7-2/h12H,6-11H2,1-5H3/q+1. The lowest BCUT2D eigenvalue weighted by atomic mass is 10.0. The number of nitrogens with zero attached hydrogens (tertiary/aromatic N) is 1. The Morgan fingerprint density at radius 1 is 1.08 bits per heavy atom. The number of unbranched alkanes of at least 4 members (excludes halogenated alkanes) is 1. The van der Waals surface area contributed by atoms with E-state index in [0.717, 1.165) is 5.92 Å². The van der Waals surface area contributed by atoms with Gasteiger partial charge in [-0.2, -0.15) is 0 Å². The molecule has 0 N–H and O–H groups in total. The van der Waals surface area contributed by atoms with E-state index in [1.807, 2.05) is 0 Å². The topological polar surface area (TPSA) is 0 Å². The summed E-state index contributed by atoms with van der Waals surface area (Å²) in [5, 5.41) is 0. The zero-order valence-corrected chi connectivity index (χ0v) is 10.3. The lowest BCUT2D eigenvalue weighted by Gasteiger charge is -2.29. The van der Waals surface area contributed by atoms with E-state index in [1.54, 1.807) is 0 Å². The average molecular weight is 186 g/mol. The van der Waals surface area contributed by atoms with Crippen molar-refractivity contribution in [3.8, 4) is 0 Å². The SMILES string of the molecule is CCCCC(C)CC[N+](C)(C)CC. The van der Waals surface area contributed by atoms with E-state index in [-0.39, 0.29) is 0 Å². The van der Waals surface area contributed by atoms with E-state index < -0.39 is 0 Å². The highest BCUT2D eigenvalue weighted by atomic mass is 15.3. The molecule has 0 amide bonds. The molecule has 1 atom stereocenters. The fourth-order valence-electron chi connectivity index (χ4n) is 1.42. The Kier molecular flexibility index (Phi) is 6.40. The summed E-state index contributed by atoms with van der Waals surface area (Å²) in [6.07, 6.45) is 5.55. The van der Waals surface area contributed by atoms with Crippen LogP contribution in [0.15, 0.2) is 0 Å². The molecule has 1 nitrogen and oxygen atoms in total. The van der Waals surface area contributed by atoms with E-state index in [2.05, 4.69) is 34.9 Å². The van der Waals surface area contributed by atoms with Gasteiger partial charge in [0.05, 0.1) is 27.2 Å². The molecule has 0 fully saturated rings. The maximum absolute atomic E-state index is 2.39. The predicted molar refractivity (Wildman–Crippen MR) is 60.8 cm³/mol. The summed E-state index contributed by atoms with van der Waals surface area (Å²) in [5.74, 6) is 0.920. The molecule has 0 saturated heterocycles. The number of hydrogen-bond donors (Lipinski definition) is 0. The Hall–Kier alpha value is -0.0400. The minimum absolute atomic E-state index is 0.920. The van der Waals surface area contributed by atoms with Crippen molar-refractivity contribution in [1.82, 2.24) is 0 Å². The molecule has 1 heteroatoms. The van der Waals surface area contributed by atoms with Gasteiger partial charge in [0, 0.05) is 0 Å². The summed E-state index contributed by atoms with van der Waals surface area (Å²) in [6.45, 7) is 9.53. The van der Waals surface area contributed by atoms with Crippen molar-refractivity contribution >= 4 is 0 Å². The molecule has 0 rings (SSSR count). The molecule has 0 spiro atoms. The summed E-state index contributed by atoms with van der Waals surface area (Å²) in [6, 6.07) is 0. The van der Waals surface area contributed by atoms with Crippen molar-refractivity contribution in [2.75, 3.05) is 27.2 Å². The first-order valence-electron chi connectivity index (χ1n) is 5.83. The van der Waals surface area contributed by atoms with Crippen molar-refractivity contribution in [3.05, 3.63) is 0 Å². The van der Waals surface area contributed by atoms with Crippen LogP contribution in [-0.2, 0) is 0 Å². The van der Waals surface area contributed by atoms with E-state index in [0.29, 0.717) is 0 Å². The van der Waals surface area contributed by atoms with Gasteiger partial charge in [-0.3, -0.25) is 0 Å². The van der Waals surface area contributed by atoms with Gasteiger partial charge in [0.1, 0.15) is 0 Å². The Labute approximate surface area is 84.7 Å². The largest absolute Gasteiger partial charge is 0.329 e. The molecule has 0 aliphatic carbocycles. The molecule has 1 unspecified atom stereocenters. The van der Waals surface area contributed by atoms with Gasteiger partial charge in [0.15, 0.2) is 0 Å². The monoisotopic (exact) mass is 186 g/mol.